The molecule has 10 nitrogen and oxygen atoms in total. The molecule has 1 N–H and O–H groups in total. The predicted molar refractivity (Wildman–Crippen MR) is 157 cm³/mol. The number of amides is 1. The van der Waals surface area contributed by atoms with Crippen LogP contribution in [0.4, 0.5) is 5.13 Å². The number of rotatable bonds is 8. The second kappa shape index (κ2) is 11.2. The lowest BCUT2D eigenvalue weighted by molar-refractivity contribution is -0.132. The van der Waals surface area contributed by atoms with E-state index >= 15 is 0 Å². The largest absolute Gasteiger partial charge is 0.507 e. The highest BCUT2D eigenvalue weighted by Crippen LogP contribution is 2.46. The van der Waals surface area contributed by atoms with Crippen LogP contribution in [0.5, 0.6) is 28.7 Å². The van der Waals surface area contributed by atoms with Crippen molar-refractivity contribution in [1.29, 1.82) is 0 Å². The summed E-state index contributed by atoms with van der Waals surface area (Å²) >= 11 is 1.25. The second-order valence-corrected chi connectivity index (χ2v) is 10.4. The van der Waals surface area contributed by atoms with Crippen LogP contribution in [0.2, 0.25) is 0 Å². The molecule has 11 heteroatoms. The number of ether oxygens (including phenoxy) is 5. The van der Waals surface area contributed by atoms with Crippen LogP contribution >= 0.6 is 11.3 Å². The third-order valence-electron chi connectivity index (χ3n) is 6.93. The Balaban J connectivity index is 1.54. The highest BCUT2D eigenvalue weighted by atomic mass is 32.1. The van der Waals surface area contributed by atoms with E-state index in [1.54, 1.807) is 55.6 Å². The van der Waals surface area contributed by atoms with Gasteiger partial charge in [0.1, 0.15) is 24.7 Å². The number of benzene rings is 3. The van der Waals surface area contributed by atoms with Gasteiger partial charge in [0.2, 0.25) is 0 Å². The normalized spacial score (nSPS) is 17.5. The number of ketones is 1. The van der Waals surface area contributed by atoms with E-state index in [2.05, 4.69) is 4.98 Å². The first kappa shape index (κ1) is 27.4. The number of methoxy groups -OCH3 is 1. The van der Waals surface area contributed by atoms with Gasteiger partial charge in [0.25, 0.3) is 5.78 Å². The zero-order valence-electron chi connectivity index (χ0n) is 23.2. The van der Waals surface area contributed by atoms with Crippen LogP contribution in [-0.2, 0) is 9.59 Å². The number of Topliss-reactive ketones (excluding diaryl/α,β-unsaturated/α-hetero) is 1. The van der Waals surface area contributed by atoms with Crippen LogP contribution in [-0.4, -0.2) is 55.3 Å². The fraction of sp³-hybridized carbons (Fsp3) is 0.258. The van der Waals surface area contributed by atoms with Gasteiger partial charge in [-0.1, -0.05) is 17.4 Å². The Labute approximate surface area is 245 Å². The van der Waals surface area contributed by atoms with Crippen LogP contribution in [0.15, 0.2) is 60.2 Å². The third kappa shape index (κ3) is 4.75. The van der Waals surface area contributed by atoms with E-state index in [4.69, 9.17) is 23.7 Å². The number of anilines is 1. The maximum Gasteiger partial charge on any atom is 0.301 e. The summed E-state index contributed by atoms with van der Waals surface area (Å²) in [6.07, 6.45) is 0. The molecule has 0 bridgehead atoms. The number of carbonyl (C=O) groups excluding carboxylic acids is 2. The van der Waals surface area contributed by atoms with Crippen molar-refractivity contribution in [2.45, 2.75) is 19.9 Å². The maximum atomic E-state index is 13.7. The molecule has 0 saturated carbocycles. The average molecular weight is 589 g/mol. The molecule has 1 saturated heterocycles. The molecule has 1 amide bonds. The fourth-order valence-electron chi connectivity index (χ4n) is 5.05. The molecule has 6 rings (SSSR count). The Hall–Kier alpha value is -4.77. The number of carbonyl (C=O) groups is 2. The maximum absolute atomic E-state index is 13.7. The number of hydrogen-bond donors (Lipinski definition) is 1. The van der Waals surface area contributed by atoms with Crippen molar-refractivity contribution >= 4 is 44.1 Å². The van der Waals surface area contributed by atoms with Gasteiger partial charge in [-0.3, -0.25) is 14.5 Å². The van der Waals surface area contributed by atoms with Crippen molar-refractivity contribution < 1.29 is 38.4 Å². The highest BCUT2D eigenvalue weighted by molar-refractivity contribution is 7.22. The van der Waals surface area contributed by atoms with Crippen molar-refractivity contribution in [2.24, 2.45) is 0 Å². The van der Waals surface area contributed by atoms with Crippen LogP contribution in [0.1, 0.15) is 31.0 Å². The van der Waals surface area contributed by atoms with Crippen molar-refractivity contribution in [3.05, 3.63) is 71.3 Å². The molecular formula is C31H28N2O8S. The van der Waals surface area contributed by atoms with E-state index in [1.165, 1.54) is 16.2 Å². The Bertz CT molecular complexity index is 1730. The van der Waals surface area contributed by atoms with Crippen molar-refractivity contribution in [3.8, 4) is 28.7 Å². The lowest BCUT2D eigenvalue weighted by Gasteiger charge is -2.24. The van der Waals surface area contributed by atoms with E-state index in [0.29, 0.717) is 77.0 Å². The van der Waals surface area contributed by atoms with Crippen LogP contribution in [0, 0.1) is 0 Å². The summed E-state index contributed by atoms with van der Waals surface area (Å²) in [4.78, 5) is 33.4. The first-order valence-corrected chi connectivity index (χ1v) is 14.3. The number of fused-ring (bicyclic) bond motifs is 2. The monoisotopic (exact) mass is 588 g/mol. The summed E-state index contributed by atoms with van der Waals surface area (Å²) in [5.41, 5.74) is 1.41. The lowest BCUT2D eigenvalue weighted by Crippen LogP contribution is -2.29. The number of thiazole rings is 1. The standard InChI is InChI=1S/C31H28N2O8S/c1-4-38-21-10-6-17(14-23(21)39-5-2)27-26(28(34)18-7-11-22-24(15-18)41-13-12-40-22)29(35)30(36)33(27)31-32-20-9-8-19(37-3)16-25(20)42-31/h6-11,14-16,27,34H,4-5,12-13H2,1-3H3/t27-/m0/s1. The minimum Gasteiger partial charge on any atom is -0.507 e. The smallest absolute Gasteiger partial charge is 0.301 e. The van der Waals surface area contributed by atoms with Crippen LogP contribution in [0.3, 0.4) is 0 Å². The number of aliphatic hydroxyl groups is 1. The third-order valence-corrected chi connectivity index (χ3v) is 7.95. The molecule has 2 aliphatic rings. The molecule has 2 aliphatic heterocycles. The van der Waals surface area contributed by atoms with Gasteiger partial charge in [-0.2, -0.15) is 0 Å². The summed E-state index contributed by atoms with van der Waals surface area (Å²) in [6.45, 7) is 5.30. The Morgan fingerprint density at radius 2 is 1.74 bits per heavy atom. The molecule has 0 unspecified atom stereocenters. The number of aromatic nitrogens is 1. The van der Waals surface area contributed by atoms with Gasteiger partial charge in [0, 0.05) is 5.56 Å². The van der Waals surface area contributed by atoms with Gasteiger partial charge in [0.15, 0.2) is 28.1 Å². The minimum atomic E-state index is -1.00. The highest BCUT2D eigenvalue weighted by Gasteiger charge is 2.48. The molecule has 0 spiro atoms. The zero-order chi connectivity index (χ0) is 29.4. The number of nitrogens with zero attached hydrogens (tertiary/aromatic N) is 2. The van der Waals surface area contributed by atoms with Gasteiger partial charge in [0.05, 0.1) is 42.2 Å². The summed E-state index contributed by atoms with van der Waals surface area (Å²) in [5.74, 6) is 0.613. The quantitative estimate of drug-likeness (QED) is 0.162. The van der Waals surface area contributed by atoms with E-state index < -0.39 is 17.7 Å². The molecule has 3 heterocycles. The first-order valence-electron chi connectivity index (χ1n) is 13.5. The molecule has 4 aromatic rings. The fourth-order valence-corrected chi connectivity index (χ4v) is 6.07. The molecule has 3 aromatic carbocycles. The van der Waals surface area contributed by atoms with Crippen LogP contribution in [0.25, 0.3) is 16.0 Å². The van der Waals surface area contributed by atoms with Gasteiger partial charge in [-0.05, 0) is 67.9 Å². The topological polar surface area (TPSA) is 117 Å². The molecule has 42 heavy (non-hydrogen) atoms. The number of hydrogen-bond acceptors (Lipinski definition) is 10. The van der Waals surface area contributed by atoms with Gasteiger partial charge in [-0.25, -0.2) is 4.98 Å². The average Bonchev–Trinajstić information content (AvgIpc) is 3.54. The molecule has 0 aliphatic carbocycles. The Morgan fingerprint density at radius 3 is 2.50 bits per heavy atom. The van der Waals surface area contributed by atoms with Crippen molar-refractivity contribution in [2.75, 3.05) is 38.4 Å². The minimum absolute atomic E-state index is 0.0832. The molecule has 1 fully saturated rings. The molecular weight excluding hydrogens is 560 g/mol. The predicted octanol–water partition coefficient (Wildman–Crippen LogP) is 5.50. The van der Waals surface area contributed by atoms with Crippen molar-refractivity contribution in [1.82, 2.24) is 4.98 Å². The second-order valence-electron chi connectivity index (χ2n) is 9.43. The summed E-state index contributed by atoms with van der Waals surface area (Å²) in [5, 5.41) is 11.9. The van der Waals surface area contributed by atoms with Crippen molar-refractivity contribution in [3.63, 3.8) is 0 Å². The van der Waals surface area contributed by atoms with E-state index in [1.807, 2.05) is 19.9 Å². The van der Waals surface area contributed by atoms with Gasteiger partial charge >= 0.3 is 5.91 Å². The van der Waals surface area contributed by atoms with Gasteiger partial charge in [-0.15, -0.1) is 0 Å². The molecule has 1 atom stereocenters. The van der Waals surface area contributed by atoms with E-state index in [-0.39, 0.29) is 11.3 Å². The number of aliphatic hydroxyl groups excluding tert-OH is 1. The van der Waals surface area contributed by atoms with Crippen LogP contribution < -0.4 is 28.6 Å². The molecule has 216 valence electrons. The summed E-state index contributed by atoms with van der Waals surface area (Å²) < 4.78 is 29.0. The first-order chi connectivity index (χ1) is 20.4. The summed E-state index contributed by atoms with van der Waals surface area (Å²) in [6, 6.07) is 14.5. The molecule has 0 radical (unpaired) electrons. The molecule has 1 aromatic heterocycles. The lowest BCUT2D eigenvalue weighted by atomic mass is 9.95. The Kier molecular flexibility index (Phi) is 7.34. The zero-order valence-corrected chi connectivity index (χ0v) is 24.0. The van der Waals surface area contributed by atoms with Gasteiger partial charge < -0.3 is 28.8 Å². The Morgan fingerprint density at radius 1 is 0.976 bits per heavy atom. The SMILES string of the molecule is CCOc1ccc([C@H]2C(=C(O)c3ccc4c(c3)OCCO4)C(=O)C(=O)N2c2nc3ccc(OC)cc3s2)cc1OCC. The van der Waals surface area contributed by atoms with E-state index in [9.17, 15) is 14.7 Å². The summed E-state index contributed by atoms with van der Waals surface area (Å²) in [7, 11) is 1.57. The van der Waals surface area contributed by atoms with E-state index in [0.717, 1.165) is 4.70 Å².